The highest BCUT2D eigenvalue weighted by Crippen LogP contribution is 2.49. The van der Waals surface area contributed by atoms with Crippen LogP contribution in [0.3, 0.4) is 0 Å². The molecule has 1 N–H and O–H groups in total. The fraction of sp³-hybridized carbons (Fsp3) is 0.438. The minimum absolute atomic E-state index is 0.0447. The van der Waals surface area contributed by atoms with Gasteiger partial charge in [-0.3, -0.25) is 14.9 Å². The van der Waals surface area contributed by atoms with Crippen molar-refractivity contribution >= 4 is 22.4 Å². The van der Waals surface area contributed by atoms with Gasteiger partial charge in [-0.15, -0.1) is 0 Å². The molecule has 3 unspecified atom stereocenters. The number of carbonyl (C=O) groups is 1. The molecular formula is C16H16N2O3. The van der Waals surface area contributed by atoms with E-state index < -0.39 is 4.92 Å². The van der Waals surface area contributed by atoms with Gasteiger partial charge in [0.15, 0.2) is 5.78 Å². The van der Waals surface area contributed by atoms with Gasteiger partial charge in [0.05, 0.1) is 10.4 Å². The van der Waals surface area contributed by atoms with Crippen molar-refractivity contribution in [1.29, 1.82) is 0 Å². The van der Waals surface area contributed by atoms with E-state index in [2.05, 4.69) is 4.98 Å². The van der Waals surface area contributed by atoms with Gasteiger partial charge in [-0.1, -0.05) is 6.42 Å². The van der Waals surface area contributed by atoms with E-state index in [-0.39, 0.29) is 17.4 Å². The fourth-order valence-corrected chi connectivity index (χ4v) is 4.20. The zero-order chi connectivity index (χ0) is 14.6. The minimum Gasteiger partial charge on any atom is -0.360 e. The third kappa shape index (κ3) is 1.87. The third-order valence-electron chi connectivity index (χ3n) is 5.22. The maximum Gasteiger partial charge on any atom is 0.271 e. The second-order valence-electron chi connectivity index (χ2n) is 6.33. The van der Waals surface area contributed by atoms with Crippen LogP contribution in [0.1, 0.15) is 36.0 Å². The molecular weight excluding hydrogens is 268 g/mol. The summed E-state index contributed by atoms with van der Waals surface area (Å²) in [6.07, 6.45) is 6.37. The molecule has 2 aliphatic carbocycles. The van der Waals surface area contributed by atoms with Crippen molar-refractivity contribution in [3.8, 4) is 0 Å². The number of ketones is 1. The van der Waals surface area contributed by atoms with E-state index in [1.54, 1.807) is 12.3 Å². The van der Waals surface area contributed by atoms with Crippen molar-refractivity contribution in [3.05, 3.63) is 40.1 Å². The zero-order valence-electron chi connectivity index (χ0n) is 11.5. The van der Waals surface area contributed by atoms with Crippen LogP contribution < -0.4 is 0 Å². The number of Topliss-reactive ketones (excluding diaryl/α,β-unsaturated/α-hetero) is 1. The molecule has 1 aromatic heterocycles. The first-order valence-electron chi connectivity index (χ1n) is 7.43. The number of non-ortho nitro benzene ring substituents is 1. The number of carbonyl (C=O) groups excluding carboxylic acids is 1. The molecule has 0 spiro atoms. The number of rotatable bonds is 3. The average molecular weight is 284 g/mol. The lowest BCUT2D eigenvalue weighted by Crippen LogP contribution is -2.20. The first kappa shape index (κ1) is 12.6. The number of fused-ring (bicyclic) bond motifs is 3. The smallest absolute Gasteiger partial charge is 0.271 e. The predicted octanol–water partition coefficient (Wildman–Crippen LogP) is 3.70. The molecule has 0 saturated heterocycles. The van der Waals surface area contributed by atoms with Crippen molar-refractivity contribution in [1.82, 2.24) is 4.98 Å². The Kier molecular flexibility index (Phi) is 2.64. The van der Waals surface area contributed by atoms with Gasteiger partial charge < -0.3 is 4.98 Å². The Balaban J connectivity index is 1.70. The van der Waals surface area contributed by atoms with Crippen LogP contribution in [0, 0.1) is 27.9 Å². The Morgan fingerprint density at radius 3 is 2.81 bits per heavy atom. The van der Waals surface area contributed by atoms with Crippen molar-refractivity contribution in [3.63, 3.8) is 0 Å². The quantitative estimate of drug-likeness (QED) is 0.530. The summed E-state index contributed by atoms with van der Waals surface area (Å²) in [6, 6.07) is 4.64. The van der Waals surface area contributed by atoms with Crippen LogP contribution >= 0.6 is 0 Å². The number of aromatic amines is 1. The monoisotopic (exact) mass is 284 g/mol. The lowest BCUT2D eigenvalue weighted by Gasteiger charge is -2.19. The minimum atomic E-state index is -0.419. The molecule has 4 rings (SSSR count). The van der Waals surface area contributed by atoms with Gasteiger partial charge in [0.1, 0.15) is 0 Å². The normalized spacial score (nSPS) is 27.3. The Morgan fingerprint density at radius 1 is 1.29 bits per heavy atom. The summed E-state index contributed by atoms with van der Waals surface area (Å²) in [7, 11) is 0. The van der Waals surface area contributed by atoms with Gasteiger partial charge >= 0.3 is 0 Å². The number of nitro groups is 1. The van der Waals surface area contributed by atoms with Crippen LogP contribution in [-0.4, -0.2) is 15.7 Å². The van der Waals surface area contributed by atoms with Crippen LogP contribution in [0.15, 0.2) is 24.4 Å². The highest BCUT2D eigenvalue weighted by atomic mass is 16.6. The summed E-state index contributed by atoms with van der Waals surface area (Å²) < 4.78 is 0. The Labute approximate surface area is 121 Å². The second kappa shape index (κ2) is 4.41. The van der Waals surface area contributed by atoms with E-state index in [4.69, 9.17) is 0 Å². The van der Waals surface area contributed by atoms with Gasteiger partial charge in [-0.2, -0.15) is 0 Å². The van der Waals surface area contributed by atoms with Crippen LogP contribution in [0.25, 0.3) is 10.9 Å². The fourth-order valence-electron chi connectivity index (χ4n) is 4.20. The highest BCUT2D eigenvalue weighted by molar-refractivity contribution is 6.09. The molecule has 3 atom stereocenters. The Hall–Kier alpha value is -2.17. The number of hydrogen-bond acceptors (Lipinski definition) is 3. The lowest BCUT2D eigenvalue weighted by atomic mass is 9.83. The molecule has 5 heteroatoms. The number of nitro benzene ring substituents is 1. The first-order chi connectivity index (χ1) is 10.1. The summed E-state index contributed by atoms with van der Waals surface area (Å²) in [5, 5.41) is 11.6. The van der Waals surface area contributed by atoms with E-state index in [9.17, 15) is 14.9 Å². The summed E-state index contributed by atoms with van der Waals surface area (Å²) >= 11 is 0. The van der Waals surface area contributed by atoms with Crippen molar-refractivity contribution in [2.75, 3.05) is 0 Å². The molecule has 1 heterocycles. The molecule has 21 heavy (non-hydrogen) atoms. The maximum atomic E-state index is 12.8. The van der Waals surface area contributed by atoms with Gasteiger partial charge in [0, 0.05) is 35.2 Å². The third-order valence-corrected chi connectivity index (χ3v) is 5.22. The van der Waals surface area contributed by atoms with Crippen LogP contribution in [0.4, 0.5) is 5.69 Å². The molecule has 1 aromatic carbocycles. The van der Waals surface area contributed by atoms with Crippen LogP contribution in [-0.2, 0) is 0 Å². The highest BCUT2D eigenvalue weighted by Gasteiger charge is 2.43. The summed E-state index contributed by atoms with van der Waals surface area (Å²) in [5.74, 6) is 1.64. The molecule has 2 aromatic rings. The van der Waals surface area contributed by atoms with E-state index in [1.807, 2.05) is 0 Å². The first-order valence-corrected chi connectivity index (χ1v) is 7.43. The molecule has 0 radical (unpaired) electrons. The average Bonchev–Trinajstić information content (AvgIpc) is 3.20. The van der Waals surface area contributed by atoms with E-state index in [1.165, 1.54) is 31.4 Å². The zero-order valence-corrected chi connectivity index (χ0v) is 11.5. The lowest BCUT2D eigenvalue weighted by molar-refractivity contribution is -0.384. The predicted molar refractivity (Wildman–Crippen MR) is 78.2 cm³/mol. The number of benzene rings is 1. The van der Waals surface area contributed by atoms with Gasteiger partial charge in [0.25, 0.3) is 5.69 Å². The molecule has 0 amide bonds. The topological polar surface area (TPSA) is 76.0 Å². The standard InChI is InChI=1S/C16H16N2O3/c19-16(13-6-9-1-2-10(13)5-9)14-8-17-15-7-11(18(20)21)3-4-12(14)15/h3-4,7-10,13,17H,1-2,5-6H2. The molecule has 108 valence electrons. The maximum absolute atomic E-state index is 12.8. The second-order valence-corrected chi connectivity index (χ2v) is 6.33. The van der Waals surface area contributed by atoms with Crippen molar-refractivity contribution in [2.45, 2.75) is 25.7 Å². The van der Waals surface area contributed by atoms with Gasteiger partial charge in [0.2, 0.25) is 0 Å². The van der Waals surface area contributed by atoms with Gasteiger partial charge in [-0.25, -0.2) is 0 Å². The van der Waals surface area contributed by atoms with E-state index >= 15 is 0 Å². The Bertz CT molecular complexity index is 749. The van der Waals surface area contributed by atoms with Crippen LogP contribution in [0.2, 0.25) is 0 Å². The van der Waals surface area contributed by atoms with E-state index in [0.29, 0.717) is 17.0 Å². The summed E-state index contributed by atoms with van der Waals surface area (Å²) in [6.45, 7) is 0. The van der Waals surface area contributed by atoms with E-state index in [0.717, 1.165) is 17.7 Å². The molecule has 2 saturated carbocycles. The number of aromatic nitrogens is 1. The van der Waals surface area contributed by atoms with Crippen molar-refractivity contribution in [2.24, 2.45) is 17.8 Å². The number of H-pyrrole nitrogens is 1. The number of hydrogen-bond donors (Lipinski definition) is 1. The summed E-state index contributed by atoms with van der Waals surface area (Å²) in [4.78, 5) is 26.2. The molecule has 2 bridgehead atoms. The molecule has 5 nitrogen and oxygen atoms in total. The molecule has 0 aliphatic heterocycles. The van der Waals surface area contributed by atoms with Gasteiger partial charge in [-0.05, 0) is 37.2 Å². The molecule has 2 fully saturated rings. The SMILES string of the molecule is O=C(c1c[nH]c2cc([N+](=O)[O-])ccc12)C1CC2CCC1C2. The Morgan fingerprint density at radius 2 is 2.14 bits per heavy atom. The molecule has 2 aliphatic rings. The number of nitrogens with one attached hydrogen (secondary N) is 1. The van der Waals surface area contributed by atoms with Crippen LogP contribution in [0.5, 0.6) is 0 Å². The van der Waals surface area contributed by atoms with Crippen molar-refractivity contribution < 1.29 is 9.72 Å². The largest absolute Gasteiger partial charge is 0.360 e. The number of nitrogens with zero attached hydrogens (tertiary/aromatic N) is 1. The summed E-state index contributed by atoms with van der Waals surface area (Å²) in [5.41, 5.74) is 1.40.